The highest BCUT2D eigenvalue weighted by atomic mass is 32.2. The number of aromatic nitrogens is 1. The summed E-state index contributed by atoms with van der Waals surface area (Å²) in [6, 6.07) is 8.04. The van der Waals surface area contributed by atoms with Crippen LogP contribution in [0.15, 0.2) is 29.2 Å². The molecule has 0 aliphatic heterocycles. The van der Waals surface area contributed by atoms with Gasteiger partial charge in [-0.15, -0.1) is 23.1 Å². The molecule has 0 unspecified atom stereocenters. The maximum absolute atomic E-state index is 11.2. The average Bonchev–Trinajstić information content (AvgIpc) is 2.78. The van der Waals surface area contributed by atoms with Crippen LogP contribution in [0.1, 0.15) is 35.0 Å². The van der Waals surface area contributed by atoms with Crippen molar-refractivity contribution in [1.82, 2.24) is 10.3 Å². The smallest absolute Gasteiger partial charge is 0.319 e. The van der Waals surface area contributed by atoms with Gasteiger partial charge in [0.05, 0.1) is 10.7 Å². The second kappa shape index (κ2) is 7.47. The zero-order valence-electron chi connectivity index (χ0n) is 13.8. The third kappa shape index (κ3) is 5.06. The quantitative estimate of drug-likeness (QED) is 0.739. The van der Waals surface area contributed by atoms with Gasteiger partial charge in [0, 0.05) is 22.9 Å². The summed E-state index contributed by atoms with van der Waals surface area (Å²) in [6.45, 7) is 9.10. The molecular formula is C17H22N2O2S2. The van der Waals surface area contributed by atoms with E-state index in [1.54, 1.807) is 25.2 Å². The number of benzene rings is 1. The van der Waals surface area contributed by atoms with Gasteiger partial charge in [0.1, 0.15) is 4.75 Å². The van der Waals surface area contributed by atoms with Gasteiger partial charge >= 0.3 is 5.97 Å². The maximum Gasteiger partial charge on any atom is 0.319 e. The van der Waals surface area contributed by atoms with E-state index in [-0.39, 0.29) is 0 Å². The Labute approximate surface area is 145 Å². The van der Waals surface area contributed by atoms with E-state index in [0.717, 1.165) is 28.7 Å². The SMILES string of the molecule is Cc1nc(C)c(CNCc2ccc(SC(C)(C)C(=O)O)cc2)s1. The average molecular weight is 351 g/mol. The number of nitrogens with one attached hydrogen (secondary N) is 1. The Kier molecular flexibility index (Phi) is 5.84. The van der Waals surface area contributed by atoms with Crippen molar-refractivity contribution in [3.8, 4) is 0 Å². The summed E-state index contributed by atoms with van der Waals surface area (Å²) in [6.07, 6.45) is 0. The summed E-state index contributed by atoms with van der Waals surface area (Å²) in [5.41, 5.74) is 2.28. The van der Waals surface area contributed by atoms with Crippen LogP contribution in [-0.4, -0.2) is 20.8 Å². The zero-order chi connectivity index (χ0) is 17.0. The third-order valence-electron chi connectivity index (χ3n) is 3.43. The minimum absolute atomic E-state index is 0.781. The Morgan fingerprint density at radius 2 is 1.91 bits per heavy atom. The Morgan fingerprint density at radius 3 is 2.43 bits per heavy atom. The van der Waals surface area contributed by atoms with E-state index >= 15 is 0 Å². The molecule has 0 spiro atoms. The predicted octanol–water partition coefficient (Wildman–Crippen LogP) is 4.01. The van der Waals surface area contributed by atoms with Crippen LogP contribution in [0.2, 0.25) is 0 Å². The summed E-state index contributed by atoms with van der Waals surface area (Å²) in [4.78, 5) is 17.8. The van der Waals surface area contributed by atoms with Crippen molar-refractivity contribution in [2.24, 2.45) is 0 Å². The predicted molar refractivity (Wildman–Crippen MR) is 96.1 cm³/mol. The second-order valence-corrected chi connectivity index (χ2v) is 8.89. The molecule has 0 fully saturated rings. The van der Waals surface area contributed by atoms with E-state index in [9.17, 15) is 9.90 Å². The first kappa shape index (κ1) is 18.0. The molecule has 0 saturated heterocycles. The first-order chi connectivity index (χ1) is 10.8. The summed E-state index contributed by atoms with van der Waals surface area (Å²) < 4.78 is -0.818. The van der Waals surface area contributed by atoms with E-state index in [1.165, 1.54) is 22.2 Å². The summed E-state index contributed by atoms with van der Waals surface area (Å²) >= 11 is 3.09. The van der Waals surface area contributed by atoms with Crippen LogP contribution in [0.4, 0.5) is 0 Å². The number of hydrogen-bond donors (Lipinski definition) is 2. The molecule has 0 saturated carbocycles. The first-order valence-corrected chi connectivity index (χ1v) is 9.06. The van der Waals surface area contributed by atoms with Crippen LogP contribution < -0.4 is 5.32 Å². The van der Waals surface area contributed by atoms with Gasteiger partial charge in [0.2, 0.25) is 0 Å². The van der Waals surface area contributed by atoms with E-state index in [4.69, 9.17) is 0 Å². The largest absolute Gasteiger partial charge is 0.480 e. The van der Waals surface area contributed by atoms with Crippen LogP contribution in [0, 0.1) is 13.8 Å². The number of rotatable bonds is 7. The molecule has 0 atom stereocenters. The molecule has 2 rings (SSSR count). The topological polar surface area (TPSA) is 62.2 Å². The number of carbonyl (C=O) groups is 1. The number of nitrogens with zero attached hydrogens (tertiary/aromatic N) is 1. The lowest BCUT2D eigenvalue weighted by molar-refractivity contribution is -0.138. The van der Waals surface area contributed by atoms with Gasteiger partial charge in [-0.1, -0.05) is 12.1 Å². The molecule has 23 heavy (non-hydrogen) atoms. The Morgan fingerprint density at radius 1 is 1.26 bits per heavy atom. The fourth-order valence-corrected chi connectivity index (χ4v) is 3.93. The molecule has 2 N–H and O–H groups in total. The van der Waals surface area contributed by atoms with Crippen molar-refractivity contribution >= 4 is 29.1 Å². The van der Waals surface area contributed by atoms with Gasteiger partial charge in [0.15, 0.2) is 0 Å². The van der Waals surface area contributed by atoms with Crippen LogP contribution >= 0.6 is 23.1 Å². The Balaban J connectivity index is 1.88. The molecule has 4 nitrogen and oxygen atoms in total. The van der Waals surface area contributed by atoms with Gasteiger partial charge in [-0.2, -0.15) is 0 Å². The fourth-order valence-electron chi connectivity index (χ4n) is 2.07. The number of thioether (sulfide) groups is 1. The maximum atomic E-state index is 11.2. The van der Waals surface area contributed by atoms with Gasteiger partial charge in [-0.05, 0) is 45.4 Å². The molecule has 0 aliphatic carbocycles. The van der Waals surface area contributed by atoms with Crippen LogP contribution in [-0.2, 0) is 17.9 Å². The molecule has 124 valence electrons. The van der Waals surface area contributed by atoms with Crippen LogP contribution in [0.25, 0.3) is 0 Å². The number of aliphatic carboxylic acids is 1. The normalized spacial score (nSPS) is 11.7. The Hall–Kier alpha value is -1.37. The number of thiazole rings is 1. The second-order valence-electron chi connectivity index (χ2n) is 5.91. The van der Waals surface area contributed by atoms with Gasteiger partial charge in [0.25, 0.3) is 0 Å². The number of hydrogen-bond acceptors (Lipinski definition) is 5. The highest BCUT2D eigenvalue weighted by Gasteiger charge is 2.28. The van der Waals surface area contributed by atoms with E-state index in [0.29, 0.717) is 0 Å². The van der Waals surface area contributed by atoms with Gasteiger partial charge in [-0.25, -0.2) is 4.98 Å². The van der Waals surface area contributed by atoms with Crippen molar-refractivity contribution in [3.05, 3.63) is 45.4 Å². The minimum Gasteiger partial charge on any atom is -0.480 e. The lowest BCUT2D eigenvalue weighted by atomic mass is 10.2. The molecule has 6 heteroatoms. The van der Waals surface area contributed by atoms with E-state index in [2.05, 4.69) is 10.3 Å². The van der Waals surface area contributed by atoms with E-state index in [1.807, 2.05) is 38.1 Å². The lowest BCUT2D eigenvalue weighted by Crippen LogP contribution is -2.26. The minimum atomic E-state index is -0.818. The summed E-state index contributed by atoms with van der Waals surface area (Å²) in [5.74, 6) is -0.802. The van der Waals surface area contributed by atoms with Crippen molar-refractivity contribution in [2.45, 2.75) is 50.4 Å². The van der Waals surface area contributed by atoms with Crippen LogP contribution in [0.3, 0.4) is 0 Å². The molecule has 1 aromatic carbocycles. The highest BCUT2D eigenvalue weighted by Crippen LogP contribution is 2.32. The highest BCUT2D eigenvalue weighted by molar-refractivity contribution is 8.01. The summed E-state index contributed by atoms with van der Waals surface area (Å²) in [7, 11) is 0. The molecule has 1 aromatic heterocycles. The van der Waals surface area contributed by atoms with E-state index < -0.39 is 10.7 Å². The lowest BCUT2D eigenvalue weighted by Gasteiger charge is -2.18. The van der Waals surface area contributed by atoms with Crippen molar-refractivity contribution in [2.75, 3.05) is 0 Å². The molecule has 1 heterocycles. The standard InChI is InChI=1S/C17H22N2O2S2/c1-11-15(22-12(2)19-11)10-18-9-13-5-7-14(8-6-13)23-17(3,4)16(20)21/h5-8,18H,9-10H2,1-4H3,(H,20,21). The molecular weight excluding hydrogens is 328 g/mol. The van der Waals surface area contributed by atoms with Crippen LogP contribution in [0.5, 0.6) is 0 Å². The number of aryl methyl sites for hydroxylation is 2. The molecule has 0 radical (unpaired) electrons. The third-order valence-corrected chi connectivity index (χ3v) is 5.69. The van der Waals surface area contributed by atoms with Crippen molar-refractivity contribution in [1.29, 1.82) is 0 Å². The monoisotopic (exact) mass is 350 g/mol. The van der Waals surface area contributed by atoms with Gasteiger partial charge in [-0.3, -0.25) is 4.79 Å². The van der Waals surface area contributed by atoms with Crippen molar-refractivity contribution in [3.63, 3.8) is 0 Å². The molecule has 0 aliphatic rings. The number of carboxylic acids is 1. The first-order valence-electron chi connectivity index (χ1n) is 7.43. The summed E-state index contributed by atoms with van der Waals surface area (Å²) in [5, 5.41) is 13.7. The van der Waals surface area contributed by atoms with Gasteiger partial charge < -0.3 is 10.4 Å². The molecule has 2 aromatic rings. The Bertz CT molecular complexity index is 678. The zero-order valence-corrected chi connectivity index (χ0v) is 15.5. The number of carboxylic acid groups (broad SMARTS) is 1. The molecule has 0 amide bonds. The molecule has 0 bridgehead atoms. The fraction of sp³-hybridized carbons (Fsp3) is 0.412. The van der Waals surface area contributed by atoms with Crippen molar-refractivity contribution < 1.29 is 9.90 Å².